The van der Waals surface area contributed by atoms with Crippen molar-refractivity contribution in [2.45, 2.75) is 30.8 Å². The average Bonchev–Trinajstić information content (AvgIpc) is 2.66. The van der Waals surface area contributed by atoms with Crippen LogP contribution in [0.25, 0.3) is 0 Å². The molecule has 0 spiro atoms. The third kappa shape index (κ3) is 5.87. The van der Waals surface area contributed by atoms with Crippen LogP contribution in [0, 0.1) is 10.1 Å². The molecule has 0 saturated heterocycles. The van der Waals surface area contributed by atoms with Crippen molar-refractivity contribution < 1.29 is 27.1 Å². The van der Waals surface area contributed by atoms with Crippen LogP contribution in [0.4, 0.5) is 5.69 Å². The quantitative estimate of drug-likeness (QED) is 0.279. The minimum atomic E-state index is -4.29. The van der Waals surface area contributed by atoms with Crippen molar-refractivity contribution in [2.75, 3.05) is 6.61 Å². The molecular formula is C18H19NO7S. The molecule has 1 atom stereocenters. The second-order valence-electron chi connectivity index (χ2n) is 5.57. The zero-order valence-electron chi connectivity index (χ0n) is 14.6. The first-order valence-corrected chi connectivity index (χ1v) is 9.62. The van der Waals surface area contributed by atoms with Gasteiger partial charge in [-0.05, 0) is 37.5 Å². The molecule has 0 fully saturated rings. The van der Waals surface area contributed by atoms with Gasteiger partial charge in [-0.15, -0.1) is 0 Å². The third-order valence-corrected chi connectivity index (χ3v) is 5.00. The minimum absolute atomic E-state index is 0.0849. The number of esters is 1. The van der Waals surface area contributed by atoms with Crippen molar-refractivity contribution in [3.05, 3.63) is 70.3 Å². The van der Waals surface area contributed by atoms with Gasteiger partial charge in [0, 0.05) is 12.1 Å². The fourth-order valence-corrected chi connectivity index (χ4v) is 3.39. The molecule has 0 bridgehead atoms. The lowest BCUT2D eigenvalue weighted by Crippen LogP contribution is -2.30. The van der Waals surface area contributed by atoms with Crippen LogP contribution in [0.2, 0.25) is 0 Å². The lowest BCUT2D eigenvalue weighted by molar-refractivity contribution is -0.384. The van der Waals surface area contributed by atoms with E-state index in [4.69, 9.17) is 8.92 Å². The number of nitrogens with zero attached hydrogens (tertiary/aromatic N) is 1. The Kier molecular flexibility index (Phi) is 7.03. The smallest absolute Gasteiger partial charge is 0.336 e. The largest absolute Gasteiger partial charge is 0.464 e. The maximum atomic E-state index is 12.4. The van der Waals surface area contributed by atoms with Crippen LogP contribution in [0.1, 0.15) is 18.9 Å². The Morgan fingerprint density at radius 1 is 1.11 bits per heavy atom. The highest BCUT2D eigenvalue weighted by Gasteiger charge is 2.29. The molecule has 0 amide bonds. The van der Waals surface area contributed by atoms with E-state index in [0.717, 1.165) is 29.8 Å². The Hall–Kier alpha value is -2.78. The maximum Gasteiger partial charge on any atom is 0.336 e. The normalized spacial score (nSPS) is 12.3. The van der Waals surface area contributed by atoms with Gasteiger partial charge in [0.25, 0.3) is 15.8 Å². The van der Waals surface area contributed by atoms with Gasteiger partial charge in [-0.1, -0.05) is 30.3 Å². The molecule has 2 aromatic rings. The first kappa shape index (κ1) is 20.5. The molecule has 144 valence electrons. The standard InChI is InChI=1S/C18H19NO7S/c1-2-25-18(20)17(13-8-14-6-4-3-5-7-14)26-27(23,24)16-11-9-15(10-12-16)19(21)22/h3-7,9-12,17H,2,8,13H2,1H3/t17-/m0/s1. The SMILES string of the molecule is CCOC(=O)[C@H](CCc1ccccc1)OS(=O)(=O)c1ccc([N+](=O)[O-])cc1. The summed E-state index contributed by atoms with van der Waals surface area (Å²) in [4.78, 5) is 21.9. The summed E-state index contributed by atoms with van der Waals surface area (Å²) in [6, 6.07) is 13.5. The van der Waals surface area contributed by atoms with E-state index < -0.39 is 27.1 Å². The highest BCUT2D eigenvalue weighted by Crippen LogP contribution is 2.21. The van der Waals surface area contributed by atoms with Gasteiger partial charge < -0.3 is 4.74 Å². The molecule has 0 saturated carbocycles. The van der Waals surface area contributed by atoms with Crippen molar-refractivity contribution in [2.24, 2.45) is 0 Å². The lowest BCUT2D eigenvalue weighted by Gasteiger charge is -2.16. The number of nitro benzene ring substituents is 1. The molecule has 0 N–H and O–H groups in total. The summed E-state index contributed by atoms with van der Waals surface area (Å²) >= 11 is 0. The van der Waals surface area contributed by atoms with Crippen LogP contribution in [0.3, 0.4) is 0 Å². The van der Waals surface area contributed by atoms with E-state index in [-0.39, 0.29) is 23.6 Å². The first-order chi connectivity index (χ1) is 12.8. The van der Waals surface area contributed by atoms with E-state index in [2.05, 4.69) is 0 Å². The molecule has 8 nitrogen and oxygen atoms in total. The van der Waals surface area contributed by atoms with E-state index >= 15 is 0 Å². The van der Waals surface area contributed by atoms with E-state index in [1.165, 1.54) is 0 Å². The number of ether oxygens (including phenoxy) is 1. The van der Waals surface area contributed by atoms with Gasteiger partial charge >= 0.3 is 5.97 Å². The Labute approximate surface area is 157 Å². The van der Waals surface area contributed by atoms with Gasteiger partial charge in [0.15, 0.2) is 6.10 Å². The maximum absolute atomic E-state index is 12.4. The minimum Gasteiger partial charge on any atom is -0.464 e. The van der Waals surface area contributed by atoms with Gasteiger partial charge in [0.05, 0.1) is 16.4 Å². The van der Waals surface area contributed by atoms with Gasteiger partial charge in [-0.2, -0.15) is 8.42 Å². The van der Waals surface area contributed by atoms with Crippen LogP contribution in [0.5, 0.6) is 0 Å². The van der Waals surface area contributed by atoms with Crippen molar-refractivity contribution in [1.29, 1.82) is 0 Å². The number of nitro groups is 1. The monoisotopic (exact) mass is 393 g/mol. The van der Waals surface area contributed by atoms with Crippen LogP contribution in [-0.2, 0) is 30.3 Å². The number of benzene rings is 2. The molecule has 0 heterocycles. The fraction of sp³-hybridized carbons (Fsp3) is 0.278. The Balaban J connectivity index is 2.16. The number of rotatable bonds is 9. The van der Waals surface area contributed by atoms with E-state index in [1.807, 2.05) is 30.3 Å². The summed E-state index contributed by atoms with van der Waals surface area (Å²) in [5.41, 5.74) is 0.670. The highest BCUT2D eigenvalue weighted by atomic mass is 32.2. The topological polar surface area (TPSA) is 113 Å². The van der Waals surface area contributed by atoms with Crippen LogP contribution in [-0.4, -0.2) is 32.0 Å². The molecule has 0 aliphatic heterocycles. The summed E-state index contributed by atoms with van der Waals surface area (Å²) in [5.74, 6) is -0.779. The first-order valence-electron chi connectivity index (χ1n) is 8.22. The molecule has 0 unspecified atom stereocenters. The Morgan fingerprint density at radius 2 is 1.74 bits per heavy atom. The summed E-state index contributed by atoms with van der Waals surface area (Å²) in [5, 5.41) is 10.7. The van der Waals surface area contributed by atoms with Crippen LogP contribution >= 0.6 is 0 Å². The van der Waals surface area contributed by atoms with Gasteiger partial charge in [-0.25, -0.2) is 4.79 Å². The molecule has 2 rings (SSSR count). The van der Waals surface area contributed by atoms with E-state index in [1.54, 1.807) is 6.92 Å². The molecule has 0 aromatic heterocycles. The number of carbonyl (C=O) groups excluding carboxylic acids is 1. The van der Waals surface area contributed by atoms with Crippen LogP contribution < -0.4 is 0 Å². The zero-order valence-corrected chi connectivity index (χ0v) is 15.4. The molecule has 2 aromatic carbocycles. The lowest BCUT2D eigenvalue weighted by atomic mass is 10.1. The average molecular weight is 393 g/mol. The van der Waals surface area contributed by atoms with Crippen molar-refractivity contribution >= 4 is 21.8 Å². The predicted octanol–water partition coefficient (Wildman–Crippen LogP) is 2.86. The summed E-state index contributed by atoms with van der Waals surface area (Å²) in [6.07, 6.45) is -0.792. The van der Waals surface area contributed by atoms with E-state index in [0.29, 0.717) is 6.42 Å². The van der Waals surface area contributed by atoms with Crippen molar-refractivity contribution in [1.82, 2.24) is 0 Å². The second-order valence-corrected chi connectivity index (χ2v) is 7.14. The fourth-order valence-electron chi connectivity index (χ4n) is 2.33. The number of hydrogen-bond donors (Lipinski definition) is 0. The molecule has 27 heavy (non-hydrogen) atoms. The summed E-state index contributed by atoms with van der Waals surface area (Å²) < 4.78 is 34.9. The summed E-state index contributed by atoms with van der Waals surface area (Å²) in [6.45, 7) is 1.69. The molecule has 0 aliphatic carbocycles. The Bertz CT molecular complexity index is 880. The van der Waals surface area contributed by atoms with Gasteiger partial charge in [0.1, 0.15) is 0 Å². The number of non-ortho nitro benzene ring substituents is 1. The summed E-state index contributed by atoms with van der Waals surface area (Å²) in [7, 11) is -4.29. The highest BCUT2D eigenvalue weighted by molar-refractivity contribution is 7.86. The predicted molar refractivity (Wildman–Crippen MR) is 96.6 cm³/mol. The van der Waals surface area contributed by atoms with Crippen LogP contribution in [0.15, 0.2) is 59.5 Å². The third-order valence-electron chi connectivity index (χ3n) is 3.67. The van der Waals surface area contributed by atoms with E-state index in [9.17, 15) is 23.3 Å². The number of hydrogen-bond acceptors (Lipinski definition) is 7. The molecule has 9 heteroatoms. The van der Waals surface area contributed by atoms with Crippen molar-refractivity contribution in [3.8, 4) is 0 Å². The van der Waals surface area contributed by atoms with Crippen molar-refractivity contribution in [3.63, 3.8) is 0 Å². The molecular weight excluding hydrogens is 374 g/mol. The number of aryl methyl sites for hydroxylation is 1. The Morgan fingerprint density at radius 3 is 2.30 bits per heavy atom. The second kappa shape index (κ2) is 9.24. The molecule has 0 radical (unpaired) electrons. The van der Waals surface area contributed by atoms with Gasteiger partial charge in [0.2, 0.25) is 0 Å². The number of carbonyl (C=O) groups is 1. The van der Waals surface area contributed by atoms with Gasteiger partial charge in [-0.3, -0.25) is 14.3 Å². The zero-order chi connectivity index (χ0) is 19.9. The molecule has 0 aliphatic rings.